The molecule has 0 radical (unpaired) electrons. The van der Waals surface area contributed by atoms with E-state index in [4.69, 9.17) is 6.42 Å². The number of ketones is 2. The van der Waals surface area contributed by atoms with E-state index in [-0.39, 0.29) is 17.5 Å². The summed E-state index contributed by atoms with van der Waals surface area (Å²) >= 11 is 0. The molecule has 1 aliphatic rings. The lowest BCUT2D eigenvalue weighted by molar-refractivity contribution is -0.116. The fourth-order valence-electron chi connectivity index (χ4n) is 2.30. The van der Waals surface area contributed by atoms with Crippen molar-refractivity contribution in [1.82, 2.24) is 0 Å². The average molecular weight is 274 g/mol. The van der Waals surface area contributed by atoms with Crippen molar-refractivity contribution in [3.63, 3.8) is 0 Å². The SMILES string of the molecule is C#Cc1cccc(-c2cccc(C(=O)C(=O)C3CC3)c2)c1. The van der Waals surface area contributed by atoms with Crippen LogP contribution in [0.15, 0.2) is 48.5 Å². The Balaban J connectivity index is 1.94. The summed E-state index contributed by atoms with van der Waals surface area (Å²) in [5.74, 6) is 1.90. The van der Waals surface area contributed by atoms with Crippen LogP contribution in [0.1, 0.15) is 28.8 Å². The first kappa shape index (κ1) is 13.3. The second kappa shape index (κ2) is 5.38. The third-order valence-electron chi connectivity index (χ3n) is 3.66. The number of benzene rings is 2. The van der Waals surface area contributed by atoms with Gasteiger partial charge in [-0.3, -0.25) is 9.59 Å². The molecule has 1 aliphatic carbocycles. The standard InChI is InChI=1S/C19H14O2/c1-2-13-5-3-6-15(11-13)16-7-4-8-17(12-16)19(21)18(20)14-9-10-14/h1,3-8,11-12,14H,9-10H2. The maximum Gasteiger partial charge on any atom is 0.228 e. The Labute approximate surface area is 123 Å². The van der Waals surface area contributed by atoms with E-state index < -0.39 is 0 Å². The molecule has 0 aliphatic heterocycles. The maximum absolute atomic E-state index is 12.2. The molecule has 0 heterocycles. The minimum Gasteiger partial charge on any atom is -0.290 e. The molecule has 0 N–H and O–H groups in total. The zero-order valence-electron chi connectivity index (χ0n) is 11.5. The molecule has 0 bridgehead atoms. The summed E-state index contributed by atoms with van der Waals surface area (Å²) in [5.41, 5.74) is 3.08. The lowest BCUT2D eigenvalue weighted by Gasteiger charge is -2.05. The van der Waals surface area contributed by atoms with Crippen molar-refractivity contribution in [3.8, 4) is 23.5 Å². The molecule has 0 aromatic heterocycles. The van der Waals surface area contributed by atoms with Crippen LogP contribution in [0.3, 0.4) is 0 Å². The Morgan fingerprint density at radius 1 is 1.00 bits per heavy atom. The minimum atomic E-state index is -0.382. The van der Waals surface area contributed by atoms with Crippen LogP contribution in [0.5, 0.6) is 0 Å². The smallest absolute Gasteiger partial charge is 0.228 e. The highest BCUT2D eigenvalue weighted by molar-refractivity contribution is 6.44. The van der Waals surface area contributed by atoms with Crippen LogP contribution in [0.4, 0.5) is 0 Å². The number of carbonyl (C=O) groups is 2. The average Bonchev–Trinajstić information content (AvgIpc) is 3.38. The summed E-state index contributed by atoms with van der Waals surface area (Å²) < 4.78 is 0. The van der Waals surface area contributed by atoms with Crippen LogP contribution >= 0.6 is 0 Å². The number of carbonyl (C=O) groups excluding carboxylic acids is 2. The zero-order valence-corrected chi connectivity index (χ0v) is 11.5. The molecular weight excluding hydrogens is 260 g/mol. The van der Waals surface area contributed by atoms with Crippen LogP contribution in [0.2, 0.25) is 0 Å². The predicted octanol–water partition coefficient (Wildman–Crippen LogP) is 3.50. The Morgan fingerprint density at radius 2 is 1.67 bits per heavy atom. The number of terminal acetylenes is 1. The largest absolute Gasteiger partial charge is 0.290 e. The van der Waals surface area contributed by atoms with Crippen LogP contribution in [-0.2, 0) is 4.79 Å². The van der Waals surface area contributed by atoms with Gasteiger partial charge in [0.05, 0.1) is 0 Å². The summed E-state index contributed by atoms with van der Waals surface area (Å²) in [6.45, 7) is 0. The highest BCUT2D eigenvalue weighted by Crippen LogP contribution is 2.31. The number of rotatable bonds is 4. The number of Topliss-reactive ketones (excluding diaryl/α,β-unsaturated/α-hetero) is 2. The van der Waals surface area contributed by atoms with E-state index in [1.54, 1.807) is 18.2 Å². The third kappa shape index (κ3) is 2.78. The van der Waals surface area contributed by atoms with E-state index in [0.29, 0.717) is 5.56 Å². The lowest BCUT2D eigenvalue weighted by atomic mass is 9.98. The first-order valence-corrected chi connectivity index (χ1v) is 6.94. The molecule has 1 saturated carbocycles. The van der Waals surface area contributed by atoms with Crippen LogP contribution in [-0.4, -0.2) is 11.6 Å². The molecule has 102 valence electrons. The third-order valence-corrected chi connectivity index (χ3v) is 3.66. The molecule has 0 atom stereocenters. The number of hydrogen-bond acceptors (Lipinski definition) is 2. The van der Waals surface area contributed by atoms with Gasteiger partial charge in [-0.1, -0.05) is 36.3 Å². The Kier molecular flexibility index (Phi) is 3.41. The Hall–Kier alpha value is -2.66. The van der Waals surface area contributed by atoms with Gasteiger partial charge in [-0.05, 0) is 42.2 Å². The molecule has 0 amide bonds. The quantitative estimate of drug-likeness (QED) is 0.486. The van der Waals surface area contributed by atoms with E-state index in [1.807, 2.05) is 30.3 Å². The van der Waals surface area contributed by atoms with Gasteiger partial charge in [-0.25, -0.2) is 0 Å². The normalized spacial score (nSPS) is 13.5. The Morgan fingerprint density at radius 3 is 2.33 bits per heavy atom. The highest BCUT2D eigenvalue weighted by Gasteiger charge is 2.34. The maximum atomic E-state index is 12.2. The van der Waals surface area contributed by atoms with E-state index in [9.17, 15) is 9.59 Å². The fraction of sp³-hybridized carbons (Fsp3) is 0.158. The van der Waals surface area contributed by atoms with Crippen LogP contribution in [0.25, 0.3) is 11.1 Å². The van der Waals surface area contributed by atoms with Crippen molar-refractivity contribution < 1.29 is 9.59 Å². The molecule has 2 nitrogen and oxygen atoms in total. The monoisotopic (exact) mass is 274 g/mol. The molecular formula is C19H14O2. The lowest BCUT2D eigenvalue weighted by Crippen LogP contribution is -2.15. The van der Waals surface area contributed by atoms with Crippen molar-refractivity contribution in [2.75, 3.05) is 0 Å². The highest BCUT2D eigenvalue weighted by atomic mass is 16.2. The van der Waals surface area contributed by atoms with E-state index >= 15 is 0 Å². The van der Waals surface area contributed by atoms with E-state index in [1.165, 1.54) is 0 Å². The molecule has 0 unspecified atom stereocenters. The van der Waals surface area contributed by atoms with Gasteiger partial charge in [-0.2, -0.15) is 0 Å². The van der Waals surface area contributed by atoms with Gasteiger partial charge in [0.1, 0.15) is 0 Å². The van der Waals surface area contributed by atoms with Crippen molar-refractivity contribution >= 4 is 11.6 Å². The van der Waals surface area contributed by atoms with Crippen molar-refractivity contribution in [3.05, 3.63) is 59.7 Å². The Bertz CT molecular complexity index is 761. The molecule has 0 spiro atoms. The topological polar surface area (TPSA) is 34.1 Å². The molecule has 21 heavy (non-hydrogen) atoms. The van der Waals surface area contributed by atoms with Gasteiger partial charge in [0, 0.05) is 17.0 Å². The second-order valence-electron chi connectivity index (χ2n) is 5.27. The van der Waals surface area contributed by atoms with Gasteiger partial charge < -0.3 is 0 Å². The second-order valence-corrected chi connectivity index (χ2v) is 5.27. The van der Waals surface area contributed by atoms with Gasteiger partial charge in [-0.15, -0.1) is 6.42 Å². The van der Waals surface area contributed by atoms with Crippen LogP contribution in [0, 0.1) is 18.3 Å². The summed E-state index contributed by atoms with van der Waals surface area (Å²) in [4.78, 5) is 24.0. The first-order chi connectivity index (χ1) is 10.2. The molecule has 3 rings (SSSR count). The summed E-state index contributed by atoms with van der Waals surface area (Å²) in [6, 6.07) is 14.7. The van der Waals surface area contributed by atoms with Gasteiger partial charge >= 0.3 is 0 Å². The zero-order chi connectivity index (χ0) is 14.8. The van der Waals surface area contributed by atoms with Crippen LogP contribution < -0.4 is 0 Å². The molecule has 0 saturated heterocycles. The fourth-order valence-corrected chi connectivity index (χ4v) is 2.30. The minimum absolute atomic E-state index is 0.0501. The summed E-state index contributed by atoms with van der Waals surface area (Å²) in [6.07, 6.45) is 7.09. The molecule has 2 aromatic carbocycles. The summed E-state index contributed by atoms with van der Waals surface area (Å²) in [7, 11) is 0. The van der Waals surface area contributed by atoms with E-state index in [2.05, 4.69) is 5.92 Å². The first-order valence-electron chi connectivity index (χ1n) is 6.94. The molecule has 2 aromatic rings. The van der Waals surface area contributed by atoms with Crippen molar-refractivity contribution in [1.29, 1.82) is 0 Å². The van der Waals surface area contributed by atoms with Gasteiger partial charge in [0.25, 0.3) is 0 Å². The summed E-state index contributed by atoms with van der Waals surface area (Å²) in [5, 5.41) is 0. The number of hydrogen-bond donors (Lipinski definition) is 0. The predicted molar refractivity (Wildman–Crippen MR) is 81.9 cm³/mol. The molecule has 2 heteroatoms. The van der Waals surface area contributed by atoms with Gasteiger partial charge in [0.15, 0.2) is 0 Å². The van der Waals surface area contributed by atoms with Gasteiger partial charge in [0.2, 0.25) is 11.6 Å². The van der Waals surface area contributed by atoms with Crippen molar-refractivity contribution in [2.45, 2.75) is 12.8 Å². The van der Waals surface area contributed by atoms with Crippen molar-refractivity contribution in [2.24, 2.45) is 5.92 Å². The molecule has 1 fully saturated rings. The van der Waals surface area contributed by atoms with E-state index in [0.717, 1.165) is 29.5 Å².